The Kier molecular flexibility index (Phi) is 5.48. The first-order valence-corrected chi connectivity index (χ1v) is 10.5. The van der Waals surface area contributed by atoms with Gasteiger partial charge in [-0.1, -0.05) is 26.8 Å². The predicted octanol–water partition coefficient (Wildman–Crippen LogP) is 6.27. The molecule has 0 heterocycles. The Balaban J connectivity index is 3.23. The Hall–Kier alpha value is -1.03. The van der Waals surface area contributed by atoms with Gasteiger partial charge in [-0.3, -0.25) is 0 Å². The number of hydrogen-bond acceptors (Lipinski definition) is 0. The van der Waals surface area contributed by atoms with Crippen LogP contribution in [0.15, 0.2) is 24.8 Å². The van der Waals surface area contributed by atoms with E-state index in [1.807, 2.05) is 0 Å². The first-order chi connectivity index (χ1) is 9.49. The van der Waals surface area contributed by atoms with Gasteiger partial charge >= 0.3 is 0 Å². The first-order valence-electron chi connectivity index (χ1n) is 7.25. The monoisotopic (exact) mass is 314 g/mol. The van der Waals surface area contributed by atoms with Crippen molar-refractivity contribution in [2.24, 2.45) is 0 Å². The lowest BCUT2D eigenvalue weighted by molar-refractivity contribution is 0.476. The lowest BCUT2D eigenvalue weighted by Crippen LogP contribution is -2.38. The molecule has 119 valence electrons. The van der Waals surface area contributed by atoms with E-state index in [2.05, 4.69) is 40.4 Å². The third-order valence-corrected chi connectivity index (χ3v) is 10.3. The Bertz CT molecular complexity index is 516. The van der Waals surface area contributed by atoms with E-state index >= 15 is 0 Å². The molecule has 0 nitrogen and oxygen atoms in total. The molecular formula is C17H25F3Si-. The number of rotatable bonds is 5. The van der Waals surface area contributed by atoms with Crippen LogP contribution in [0.4, 0.5) is 13.2 Å². The summed E-state index contributed by atoms with van der Waals surface area (Å²) in [6.45, 7) is 14.7. The Morgan fingerprint density at radius 1 is 1.19 bits per heavy atom. The van der Waals surface area contributed by atoms with Gasteiger partial charge in [0.2, 0.25) is 0 Å². The average molecular weight is 314 g/mol. The molecule has 4 heteroatoms. The summed E-state index contributed by atoms with van der Waals surface area (Å²) in [5.41, 5.74) is 0.136. The van der Waals surface area contributed by atoms with Gasteiger partial charge in [0.25, 0.3) is 0 Å². The number of benzene rings is 1. The van der Waals surface area contributed by atoms with Gasteiger partial charge in [0, 0.05) is 6.07 Å². The van der Waals surface area contributed by atoms with Crippen LogP contribution in [0.5, 0.6) is 0 Å². The fraction of sp³-hybridized carbons (Fsp3) is 0.529. The molecule has 0 amide bonds. The van der Waals surface area contributed by atoms with Gasteiger partial charge in [-0.2, -0.15) is 13.1 Å². The summed E-state index contributed by atoms with van der Waals surface area (Å²) in [4.78, 5) is 0. The standard InChI is InChI=1S/C17H25F3Si/c1-7-8-12(11-21(5,6)17(2,3)4)14-9-13(18)10-15(19)16(14)20/h7,9-10,12H,1,8,11H2,2-6H3/q-1. The summed E-state index contributed by atoms with van der Waals surface area (Å²) >= 11 is 0. The van der Waals surface area contributed by atoms with Crippen molar-refractivity contribution in [3.63, 3.8) is 0 Å². The summed E-state index contributed by atoms with van der Waals surface area (Å²) in [7, 11) is -1.71. The number of halogens is 3. The lowest BCUT2D eigenvalue weighted by Gasteiger charge is -2.50. The Morgan fingerprint density at radius 2 is 1.76 bits per heavy atom. The van der Waals surface area contributed by atoms with Crippen molar-refractivity contribution in [1.29, 1.82) is 0 Å². The molecular weight excluding hydrogens is 289 g/mol. The van der Waals surface area contributed by atoms with E-state index in [0.717, 1.165) is 12.1 Å². The van der Waals surface area contributed by atoms with Gasteiger partial charge in [-0.15, -0.1) is 25.7 Å². The van der Waals surface area contributed by atoms with E-state index in [-0.39, 0.29) is 16.5 Å². The van der Waals surface area contributed by atoms with Crippen LogP contribution in [-0.4, -0.2) is 8.07 Å². The van der Waals surface area contributed by atoms with Crippen molar-refractivity contribution in [3.05, 3.63) is 47.8 Å². The maximum absolute atomic E-state index is 14.1. The van der Waals surface area contributed by atoms with E-state index in [0.29, 0.717) is 12.5 Å². The summed E-state index contributed by atoms with van der Waals surface area (Å²) in [6, 6.07) is 2.48. The van der Waals surface area contributed by atoms with Crippen molar-refractivity contribution >= 4 is 8.07 Å². The molecule has 0 aliphatic carbocycles. The predicted molar refractivity (Wildman–Crippen MR) is 85.9 cm³/mol. The highest BCUT2D eigenvalue weighted by molar-refractivity contribution is 6.80. The zero-order valence-electron chi connectivity index (χ0n) is 13.6. The Morgan fingerprint density at radius 3 is 2.24 bits per heavy atom. The van der Waals surface area contributed by atoms with Crippen LogP contribution in [0.2, 0.25) is 24.2 Å². The molecule has 1 rings (SSSR count). The smallest absolute Gasteiger partial charge is 0.162 e. The van der Waals surface area contributed by atoms with Crippen LogP contribution in [0, 0.1) is 17.5 Å². The first kappa shape index (κ1) is 18.0. The molecule has 0 aliphatic heterocycles. The molecule has 0 aliphatic rings. The van der Waals surface area contributed by atoms with Gasteiger partial charge in [-0.25, -0.2) is 13.2 Å². The Labute approximate surface area is 127 Å². The molecule has 1 unspecified atom stereocenters. The number of allylic oxidation sites excluding steroid dienone is 1. The van der Waals surface area contributed by atoms with Crippen molar-refractivity contribution in [1.82, 2.24) is 0 Å². The highest BCUT2D eigenvalue weighted by atomic mass is 28.3. The molecule has 0 radical (unpaired) electrons. The molecule has 1 atom stereocenters. The summed E-state index contributed by atoms with van der Waals surface area (Å²) in [5, 5.41) is 0.134. The highest BCUT2D eigenvalue weighted by Gasteiger charge is 2.28. The van der Waals surface area contributed by atoms with Crippen molar-refractivity contribution in [2.45, 2.75) is 57.3 Å². The van der Waals surface area contributed by atoms with E-state index in [9.17, 15) is 13.2 Å². The second-order valence-corrected chi connectivity index (χ2v) is 13.0. The van der Waals surface area contributed by atoms with E-state index in [4.69, 9.17) is 0 Å². The summed E-state index contributed by atoms with van der Waals surface area (Å²) < 4.78 is 41.0. The molecule has 0 bridgehead atoms. The molecule has 0 aromatic heterocycles. The fourth-order valence-corrected chi connectivity index (χ4v) is 4.55. The lowest BCUT2D eigenvalue weighted by atomic mass is 9.96. The van der Waals surface area contributed by atoms with Gasteiger partial charge in [-0.05, 0) is 24.0 Å². The third-order valence-electron chi connectivity index (χ3n) is 4.70. The fourth-order valence-electron chi connectivity index (χ4n) is 2.32. The SMILES string of the molecule is C=CCC(C[Si-](C)(C)C(C)(C)C)c1cc(F)cc(F)c1F. The van der Waals surface area contributed by atoms with E-state index < -0.39 is 25.5 Å². The van der Waals surface area contributed by atoms with Crippen LogP contribution in [0.25, 0.3) is 0 Å². The topological polar surface area (TPSA) is 0 Å². The molecule has 0 N–H and O–H groups in total. The zero-order chi connectivity index (χ0) is 16.4. The highest BCUT2D eigenvalue weighted by Crippen LogP contribution is 2.44. The second kappa shape index (κ2) is 6.38. The van der Waals surface area contributed by atoms with Gasteiger partial charge in [0.15, 0.2) is 11.6 Å². The molecule has 0 saturated heterocycles. The minimum Gasteiger partial charge on any atom is -0.207 e. The van der Waals surface area contributed by atoms with Gasteiger partial charge in [0.05, 0.1) is 0 Å². The van der Waals surface area contributed by atoms with Gasteiger partial charge in [0.1, 0.15) is 5.82 Å². The number of hydrogen-bond donors (Lipinski definition) is 0. The van der Waals surface area contributed by atoms with Crippen molar-refractivity contribution < 1.29 is 13.2 Å². The van der Waals surface area contributed by atoms with E-state index in [1.165, 1.54) is 0 Å². The molecule has 0 fully saturated rings. The summed E-state index contributed by atoms with van der Waals surface area (Å²) in [6.07, 6.45) is 2.21. The largest absolute Gasteiger partial charge is 0.207 e. The third kappa shape index (κ3) is 4.22. The van der Waals surface area contributed by atoms with E-state index in [1.54, 1.807) is 6.08 Å². The maximum atomic E-state index is 14.1. The summed E-state index contributed by atoms with van der Waals surface area (Å²) in [5.74, 6) is -3.00. The molecule has 0 saturated carbocycles. The second-order valence-electron chi connectivity index (χ2n) is 7.35. The minimum atomic E-state index is -1.71. The zero-order valence-corrected chi connectivity index (χ0v) is 14.6. The van der Waals surface area contributed by atoms with Crippen LogP contribution in [-0.2, 0) is 0 Å². The van der Waals surface area contributed by atoms with Crippen LogP contribution in [0.3, 0.4) is 0 Å². The van der Waals surface area contributed by atoms with Gasteiger partial charge < -0.3 is 0 Å². The van der Waals surface area contributed by atoms with Crippen LogP contribution in [0.1, 0.15) is 38.7 Å². The average Bonchev–Trinajstić information content (AvgIpc) is 2.31. The molecule has 1 aromatic rings. The maximum Gasteiger partial charge on any atom is 0.162 e. The normalized spacial score (nSPS) is 14.1. The van der Waals surface area contributed by atoms with Crippen molar-refractivity contribution in [2.75, 3.05) is 0 Å². The van der Waals surface area contributed by atoms with Crippen LogP contribution >= 0.6 is 0 Å². The quantitative estimate of drug-likeness (QED) is 0.341. The molecule has 21 heavy (non-hydrogen) atoms. The molecule has 0 spiro atoms. The molecule has 1 aromatic carbocycles. The minimum absolute atomic E-state index is 0.134. The van der Waals surface area contributed by atoms with Crippen molar-refractivity contribution in [3.8, 4) is 0 Å². The van der Waals surface area contributed by atoms with Crippen LogP contribution < -0.4 is 0 Å².